The average Bonchev–Trinajstić information content (AvgIpc) is 4.14. The number of nitrogens with two attached hydrogens (primary N) is 2. The highest BCUT2D eigenvalue weighted by atomic mass is 16.2. The van der Waals surface area contributed by atoms with Crippen molar-refractivity contribution in [3.8, 4) is 22.8 Å². The van der Waals surface area contributed by atoms with E-state index in [0.717, 1.165) is 77.4 Å². The molecule has 0 aliphatic heterocycles. The Bertz CT molecular complexity index is 3010. The van der Waals surface area contributed by atoms with Gasteiger partial charge in [0.15, 0.2) is 0 Å². The van der Waals surface area contributed by atoms with E-state index in [1.54, 1.807) is 61.4 Å². The molecule has 0 atom stereocenters. The number of hydrogen-bond donors (Lipinski definition) is 6. The number of rotatable bonds is 5. The van der Waals surface area contributed by atoms with Gasteiger partial charge in [0.05, 0.1) is 67.3 Å². The summed E-state index contributed by atoms with van der Waals surface area (Å²) in [5, 5.41) is 3.60. The molecule has 0 unspecified atom stereocenters. The number of benzene rings is 2. The minimum Gasteiger partial charge on any atom is -0.396 e. The third-order valence-electron chi connectivity index (χ3n) is 9.55. The van der Waals surface area contributed by atoms with Crippen LogP contribution in [-0.2, 0) is 0 Å². The zero-order chi connectivity index (χ0) is 39.6. The Hall–Kier alpha value is -8.52. The normalized spacial score (nSPS) is 11.0. The van der Waals surface area contributed by atoms with E-state index in [2.05, 4.69) is 39.9 Å². The zero-order valence-electron chi connectivity index (χ0n) is 30.5. The number of nitrogens with one attached hydrogen (secondary N) is 4. The molecule has 8 N–H and O–H groups in total. The molecule has 9 heterocycles. The molecular weight excluding hydrogens is 729 g/mol. The van der Waals surface area contributed by atoms with Gasteiger partial charge in [-0.3, -0.25) is 29.5 Å². The topological polar surface area (TPSA) is 227 Å². The lowest BCUT2D eigenvalue weighted by molar-refractivity contribution is 0.0812. The average molecular weight is 761 g/mol. The predicted molar refractivity (Wildman–Crippen MR) is 226 cm³/mol. The fourth-order valence-corrected chi connectivity index (χ4v) is 6.81. The highest BCUT2D eigenvalue weighted by Gasteiger charge is 2.20. The van der Waals surface area contributed by atoms with Gasteiger partial charge in [-0.1, -0.05) is 0 Å². The molecule has 0 saturated heterocycles. The highest BCUT2D eigenvalue weighted by molar-refractivity contribution is 6.48. The maximum atomic E-state index is 11.5. The number of H-pyrrole nitrogens is 4. The molecule has 11 rings (SSSR count). The third kappa shape index (κ3) is 6.31. The lowest BCUT2D eigenvalue weighted by atomic mass is 10.1. The molecule has 9 aromatic heterocycles. The van der Waals surface area contributed by atoms with E-state index in [-0.39, 0.29) is 0 Å². The van der Waals surface area contributed by atoms with E-state index in [0.29, 0.717) is 22.8 Å². The van der Waals surface area contributed by atoms with Crippen molar-refractivity contribution in [2.24, 2.45) is 0 Å². The van der Waals surface area contributed by atoms with Crippen molar-refractivity contribution in [1.29, 1.82) is 0 Å². The largest absolute Gasteiger partial charge is 0.396 e. The Morgan fingerprint density at radius 2 is 0.741 bits per heavy atom. The Morgan fingerprint density at radius 3 is 1.09 bits per heavy atom. The molecule has 0 aliphatic rings. The van der Waals surface area contributed by atoms with Crippen LogP contribution >= 0.6 is 0 Å². The molecular formula is C44H32N12O2. The number of carbonyl (C=O) groups is 2. The van der Waals surface area contributed by atoms with Crippen LogP contribution in [0.25, 0.3) is 77.4 Å². The number of carbonyl (C=O) groups excluding carboxylic acids is 2. The van der Waals surface area contributed by atoms with Crippen molar-refractivity contribution < 1.29 is 9.59 Å². The quantitative estimate of drug-likeness (QED) is 0.0325. The number of Topliss-reactive ketones (excluding diaryl/α,β-unsaturated/α-hetero) is 2. The van der Waals surface area contributed by atoms with E-state index in [1.165, 1.54) is 0 Å². The molecule has 11 aromatic rings. The monoisotopic (exact) mass is 760 g/mol. The summed E-state index contributed by atoms with van der Waals surface area (Å²) in [7, 11) is 0. The van der Waals surface area contributed by atoms with Crippen LogP contribution in [0, 0.1) is 0 Å². The van der Waals surface area contributed by atoms with Gasteiger partial charge in [-0.2, -0.15) is 0 Å². The van der Waals surface area contributed by atoms with Crippen LogP contribution in [0.1, 0.15) is 21.0 Å². The fraction of sp³-hybridized carbons (Fsp3) is 0. The number of aromatic amines is 4. The first-order chi connectivity index (χ1) is 28.5. The molecule has 0 amide bonds. The number of nitrogens with zero attached hydrogens (tertiary/aromatic N) is 6. The molecule has 14 heteroatoms. The van der Waals surface area contributed by atoms with E-state index >= 15 is 0 Å². The van der Waals surface area contributed by atoms with Crippen LogP contribution in [0.3, 0.4) is 0 Å². The van der Waals surface area contributed by atoms with Crippen LogP contribution in [-0.4, -0.2) is 61.4 Å². The zero-order valence-corrected chi connectivity index (χ0v) is 30.5. The molecule has 14 nitrogen and oxygen atoms in total. The first-order valence-corrected chi connectivity index (χ1v) is 18.1. The number of anilines is 2. The van der Waals surface area contributed by atoms with Crippen molar-refractivity contribution in [3.05, 3.63) is 158 Å². The Kier molecular flexibility index (Phi) is 9.08. The maximum absolute atomic E-state index is 11.5. The Balaban J connectivity index is 0.000000123. The van der Waals surface area contributed by atoms with Gasteiger partial charge in [-0.05, 0) is 97.1 Å². The Morgan fingerprint density at radius 1 is 0.397 bits per heavy atom. The van der Waals surface area contributed by atoms with E-state index < -0.39 is 11.6 Å². The number of fused-ring (bicyclic) bond motifs is 9. The van der Waals surface area contributed by atoms with E-state index in [1.807, 2.05) is 85.2 Å². The highest BCUT2D eigenvalue weighted by Crippen LogP contribution is 2.36. The molecule has 0 radical (unpaired) electrons. The van der Waals surface area contributed by atoms with Crippen molar-refractivity contribution in [3.63, 3.8) is 0 Å². The van der Waals surface area contributed by atoms with Crippen molar-refractivity contribution in [2.75, 3.05) is 11.5 Å². The molecule has 0 fully saturated rings. The maximum Gasteiger partial charge on any atom is 0.251 e. The van der Waals surface area contributed by atoms with Gasteiger partial charge >= 0.3 is 0 Å². The molecule has 280 valence electrons. The first kappa shape index (κ1) is 35.2. The standard InChI is InChI=1S/C22H14N6.C12H10N4.C10H8N2O2/c1-5-13-17(25-11-1)18-14(6-2-12-26-18)20-19(13)27-21(15-7-3-9-23-15)22(28-20)16-8-4-10-24-16;13-9-7-3-1-5-15-11(7)12-8(10(9)14)4-2-6-16-12;13-9(7-3-1-5-11-7)10(14)8-4-2-6-12-8/h1-12,23-24H;1-6H,13-14H2;1-6,11-12H. The second-order valence-electron chi connectivity index (χ2n) is 13.0. The molecule has 58 heavy (non-hydrogen) atoms. The number of pyridine rings is 4. The van der Waals surface area contributed by atoms with Crippen LogP contribution in [0.5, 0.6) is 0 Å². The van der Waals surface area contributed by atoms with Gasteiger partial charge in [0.1, 0.15) is 11.4 Å². The minimum absolute atomic E-state index is 0.310. The lowest BCUT2D eigenvalue weighted by Gasteiger charge is -2.12. The molecule has 0 spiro atoms. The second kappa shape index (κ2) is 15.0. The summed E-state index contributed by atoms with van der Waals surface area (Å²) in [6.45, 7) is 0. The lowest BCUT2D eigenvalue weighted by Crippen LogP contribution is -2.14. The molecule has 2 aromatic carbocycles. The third-order valence-corrected chi connectivity index (χ3v) is 9.55. The summed E-state index contributed by atoms with van der Waals surface area (Å²) < 4.78 is 0. The van der Waals surface area contributed by atoms with Gasteiger partial charge in [0.25, 0.3) is 11.6 Å². The smallest absolute Gasteiger partial charge is 0.251 e. The summed E-state index contributed by atoms with van der Waals surface area (Å²) in [5.41, 5.74) is 22.1. The number of ketones is 2. The van der Waals surface area contributed by atoms with Crippen LogP contribution in [0.15, 0.2) is 147 Å². The number of hydrogen-bond acceptors (Lipinski definition) is 10. The van der Waals surface area contributed by atoms with Crippen LogP contribution in [0.4, 0.5) is 11.4 Å². The van der Waals surface area contributed by atoms with Crippen LogP contribution < -0.4 is 11.5 Å². The van der Waals surface area contributed by atoms with Gasteiger partial charge in [-0.15, -0.1) is 0 Å². The van der Waals surface area contributed by atoms with E-state index in [9.17, 15) is 9.59 Å². The predicted octanol–water partition coefficient (Wildman–Crippen LogP) is 8.07. The van der Waals surface area contributed by atoms with Crippen molar-refractivity contribution >= 4 is 77.6 Å². The van der Waals surface area contributed by atoms with Crippen molar-refractivity contribution in [2.45, 2.75) is 0 Å². The molecule has 0 bridgehead atoms. The van der Waals surface area contributed by atoms with Gasteiger partial charge in [0, 0.05) is 71.1 Å². The summed E-state index contributed by atoms with van der Waals surface area (Å²) in [4.78, 5) is 62.8. The summed E-state index contributed by atoms with van der Waals surface area (Å²) in [6, 6.07) is 29.8. The Labute approximate surface area is 328 Å². The fourth-order valence-electron chi connectivity index (χ4n) is 6.81. The first-order valence-electron chi connectivity index (χ1n) is 18.1. The SMILES string of the molecule is Nc1c(N)c2cccnc2c2ncccc12.O=C(C(=O)c1ccc[nH]1)c1ccc[nH]1.c1c[nH]c(-c2nc3c4cccnc4c4ncccc4c3nc2-c2ccc[nH]2)c1. The van der Waals surface area contributed by atoms with Gasteiger partial charge in [0.2, 0.25) is 0 Å². The van der Waals surface area contributed by atoms with E-state index in [4.69, 9.17) is 21.4 Å². The summed E-state index contributed by atoms with van der Waals surface area (Å²) in [6.07, 6.45) is 14.0. The summed E-state index contributed by atoms with van der Waals surface area (Å²) in [5.74, 6) is -1.06. The molecule has 0 aliphatic carbocycles. The van der Waals surface area contributed by atoms with Gasteiger partial charge < -0.3 is 31.4 Å². The summed E-state index contributed by atoms with van der Waals surface area (Å²) >= 11 is 0. The van der Waals surface area contributed by atoms with Gasteiger partial charge in [-0.25, -0.2) is 9.97 Å². The number of aromatic nitrogens is 10. The van der Waals surface area contributed by atoms with Crippen molar-refractivity contribution in [1.82, 2.24) is 49.8 Å². The molecule has 0 saturated carbocycles. The minimum atomic E-state index is -0.530. The number of nitrogen functional groups attached to an aromatic ring is 2. The van der Waals surface area contributed by atoms with Crippen LogP contribution in [0.2, 0.25) is 0 Å². The second-order valence-corrected chi connectivity index (χ2v) is 13.0.